The van der Waals surface area contributed by atoms with Crippen molar-refractivity contribution in [1.29, 1.82) is 0 Å². The van der Waals surface area contributed by atoms with E-state index >= 15 is 0 Å². The van der Waals surface area contributed by atoms with Gasteiger partial charge >= 0.3 is 5.97 Å². The van der Waals surface area contributed by atoms with Gasteiger partial charge in [-0.15, -0.1) is 0 Å². The maximum absolute atomic E-state index is 12.4. The van der Waals surface area contributed by atoms with Crippen molar-refractivity contribution in [3.8, 4) is 0 Å². The van der Waals surface area contributed by atoms with Crippen LogP contribution in [0.3, 0.4) is 0 Å². The minimum atomic E-state index is -4.06. The number of likely N-dealkylation sites (N-methyl/N-ethyl adjacent to an activating group) is 1. The molecule has 1 aromatic carbocycles. The number of carbonyl (C=O) groups is 1. The van der Waals surface area contributed by atoms with Gasteiger partial charge in [0.15, 0.2) is 0 Å². The average molecular weight is 356 g/mol. The van der Waals surface area contributed by atoms with Gasteiger partial charge in [-0.2, -0.15) is 4.31 Å². The van der Waals surface area contributed by atoms with Gasteiger partial charge in [0, 0.05) is 13.6 Å². The van der Waals surface area contributed by atoms with Gasteiger partial charge in [-0.1, -0.05) is 23.2 Å². The van der Waals surface area contributed by atoms with Gasteiger partial charge in [0.25, 0.3) is 0 Å². The number of rotatable bonds is 5. The van der Waals surface area contributed by atoms with E-state index in [0.717, 1.165) is 16.4 Å². The average Bonchev–Trinajstić information content (AvgIpc) is 2.25. The number of carboxylic acid groups (broad SMARTS) is 1. The minimum Gasteiger partial charge on any atom is -0.478 e. The highest BCUT2D eigenvalue weighted by atomic mass is 35.5. The Bertz CT molecular complexity index is 667. The number of halogens is 2. The van der Waals surface area contributed by atoms with Crippen LogP contribution in [-0.4, -0.2) is 48.1 Å². The van der Waals surface area contributed by atoms with Crippen molar-refractivity contribution in [2.45, 2.75) is 24.3 Å². The lowest BCUT2D eigenvalue weighted by atomic mass is 10.1. The molecule has 0 bridgehead atoms. The summed E-state index contributed by atoms with van der Waals surface area (Å²) in [6, 6.07) is 1.97. The van der Waals surface area contributed by atoms with Crippen LogP contribution in [0.2, 0.25) is 10.0 Å². The maximum atomic E-state index is 12.4. The van der Waals surface area contributed by atoms with Gasteiger partial charge in [0.05, 0.1) is 21.2 Å². The summed E-state index contributed by atoms with van der Waals surface area (Å²) in [7, 11) is -2.79. The summed E-state index contributed by atoms with van der Waals surface area (Å²) in [6.45, 7) is 2.72. The number of hydrogen-bond donors (Lipinski definition) is 2. The third-order valence-corrected chi connectivity index (χ3v) is 5.13. The van der Waals surface area contributed by atoms with E-state index in [0.29, 0.717) is 0 Å². The third kappa shape index (κ3) is 4.31. The predicted octanol–water partition coefficient (Wildman–Crippen LogP) is 2.08. The first kappa shape index (κ1) is 18.2. The lowest BCUT2D eigenvalue weighted by molar-refractivity contribution is 0.0638. The highest BCUT2D eigenvalue weighted by molar-refractivity contribution is 7.89. The van der Waals surface area contributed by atoms with Crippen LogP contribution in [0.15, 0.2) is 17.0 Å². The fraction of sp³-hybridized carbons (Fsp3) is 0.417. The molecule has 0 heterocycles. The van der Waals surface area contributed by atoms with E-state index < -0.39 is 21.6 Å². The van der Waals surface area contributed by atoms with Crippen LogP contribution in [-0.2, 0) is 10.0 Å². The lowest BCUT2D eigenvalue weighted by Gasteiger charge is -2.25. The normalized spacial score (nSPS) is 12.7. The van der Waals surface area contributed by atoms with Crippen molar-refractivity contribution >= 4 is 39.2 Å². The minimum absolute atomic E-state index is 0.156. The Hall–Kier alpha value is -0.860. The molecular weight excluding hydrogens is 341 g/mol. The summed E-state index contributed by atoms with van der Waals surface area (Å²) >= 11 is 11.6. The Morgan fingerprint density at radius 2 is 1.81 bits per heavy atom. The van der Waals surface area contributed by atoms with Gasteiger partial charge in [-0.05, 0) is 26.0 Å². The number of hydrogen-bond acceptors (Lipinski definition) is 4. The highest BCUT2D eigenvalue weighted by Gasteiger charge is 2.29. The zero-order chi connectivity index (χ0) is 16.6. The smallest absolute Gasteiger partial charge is 0.337 e. The van der Waals surface area contributed by atoms with Gasteiger partial charge in [-0.25, -0.2) is 13.2 Å². The molecule has 0 radical (unpaired) electrons. The van der Waals surface area contributed by atoms with E-state index in [1.807, 2.05) is 0 Å². The van der Waals surface area contributed by atoms with Gasteiger partial charge < -0.3 is 10.2 Å². The van der Waals surface area contributed by atoms with Crippen LogP contribution in [0, 0.1) is 0 Å². The van der Waals surface area contributed by atoms with Crippen LogP contribution in [0.4, 0.5) is 0 Å². The molecule has 0 aliphatic carbocycles. The first-order valence-corrected chi connectivity index (χ1v) is 7.97. The largest absolute Gasteiger partial charge is 0.478 e. The molecule has 0 atom stereocenters. The zero-order valence-electron chi connectivity index (χ0n) is 11.6. The zero-order valence-corrected chi connectivity index (χ0v) is 13.9. The molecule has 9 heteroatoms. The molecule has 0 amide bonds. The van der Waals surface area contributed by atoms with E-state index in [-0.39, 0.29) is 27.0 Å². The summed E-state index contributed by atoms with van der Waals surface area (Å²) in [4.78, 5) is 10.7. The number of nitrogens with zero attached hydrogens (tertiary/aromatic N) is 1. The summed E-state index contributed by atoms with van der Waals surface area (Å²) < 4.78 is 25.7. The highest BCUT2D eigenvalue weighted by Crippen LogP contribution is 2.30. The molecule has 1 rings (SSSR count). The Kier molecular flexibility index (Phi) is 5.28. The molecule has 0 saturated heterocycles. The molecule has 2 N–H and O–H groups in total. The molecule has 118 valence electrons. The van der Waals surface area contributed by atoms with E-state index in [2.05, 4.69) is 0 Å². The van der Waals surface area contributed by atoms with E-state index in [1.54, 1.807) is 0 Å². The fourth-order valence-electron chi connectivity index (χ4n) is 1.69. The van der Waals surface area contributed by atoms with Crippen LogP contribution in [0.25, 0.3) is 0 Å². The Labute approximate surface area is 132 Å². The van der Waals surface area contributed by atoms with Crippen molar-refractivity contribution in [2.75, 3.05) is 13.6 Å². The maximum Gasteiger partial charge on any atom is 0.337 e. The Balaban J connectivity index is 3.38. The molecule has 0 unspecified atom stereocenters. The first-order valence-electron chi connectivity index (χ1n) is 5.77. The van der Waals surface area contributed by atoms with Crippen LogP contribution >= 0.6 is 23.2 Å². The Morgan fingerprint density at radius 1 is 1.29 bits per heavy atom. The van der Waals surface area contributed by atoms with E-state index in [4.69, 9.17) is 28.3 Å². The monoisotopic (exact) mass is 355 g/mol. The SMILES string of the molecule is CN(CC(C)(C)O)S(=O)(=O)c1cc(C(=O)O)c(Cl)cc1Cl. The molecule has 21 heavy (non-hydrogen) atoms. The molecule has 6 nitrogen and oxygen atoms in total. The second kappa shape index (κ2) is 6.10. The van der Waals surface area contributed by atoms with Gasteiger partial charge in [-0.3, -0.25) is 0 Å². The topological polar surface area (TPSA) is 94.9 Å². The quantitative estimate of drug-likeness (QED) is 0.842. The van der Waals surface area contributed by atoms with Crippen LogP contribution in [0.5, 0.6) is 0 Å². The van der Waals surface area contributed by atoms with Crippen LogP contribution in [0.1, 0.15) is 24.2 Å². The fourth-order valence-corrected chi connectivity index (χ4v) is 3.84. The lowest BCUT2D eigenvalue weighted by Crippen LogP contribution is -2.39. The molecule has 0 aliphatic rings. The molecule has 0 saturated carbocycles. The van der Waals surface area contributed by atoms with Crippen molar-refractivity contribution in [1.82, 2.24) is 4.31 Å². The number of benzene rings is 1. The molecular formula is C12H15Cl2NO5S. The molecule has 0 aliphatic heterocycles. The Morgan fingerprint density at radius 3 is 2.24 bits per heavy atom. The van der Waals surface area contributed by atoms with E-state index in [9.17, 15) is 18.3 Å². The van der Waals surface area contributed by atoms with Crippen molar-refractivity contribution < 1.29 is 23.4 Å². The standard InChI is InChI=1S/C12H15Cl2NO5S/c1-12(2,18)6-15(3)21(19,20)10-4-7(11(16)17)8(13)5-9(10)14/h4-5,18H,6H2,1-3H3,(H,16,17). The summed E-state index contributed by atoms with van der Waals surface area (Å²) in [5.74, 6) is -1.36. The summed E-state index contributed by atoms with van der Waals surface area (Å²) in [5, 5.41) is 18.4. The number of carboxylic acids is 1. The summed E-state index contributed by atoms with van der Waals surface area (Å²) in [5.41, 5.74) is -1.62. The molecule has 0 spiro atoms. The van der Waals surface area contributed by atoms with Crippen molar-refractivity contribution in [3.63, 3.8) is 0 Å². The van der Waals surface area contributed by atoms with Crippen LogP contribution < -0.4 is 0 Å². The third-order valence-electron chi connectivity index (χ3n) is 2.55. The number of aliphatic hydroxyl groups is 1. The molecule has 1 aromatic rings. The second-order valence-corrected chi connectivity index (χ2v) is 7.97. The number of sulfonamides is 1. The van der Waals surface area contributed by atoms with E-state index in [1.165, 1.54) is 20.9 Å². The van der Waals surface area contributed by atoms with Crippen molar-refractivity contribution in [3.05, 3.63) is 27.7 Å². The number of aromatic carboxylic acids is 1. The predicted molar refractivity (Wildman–Crippen MR) is 79.5 cm³/mol. The van der Waals surface area contributed by atoms with Crippen molar-refractivity contribution in [2.24, 2.45) is 0 Å². The molecule has 0 fully saturated rings. The van der Waals surface area contributed by atoms with Gasteiger partial charge in [0.1, 0.15) is 4.90 Å². The first-order chi connectivity index (χ1) is 9.36. The summed E-state index contributed by atoms with van der Waals surface area (Å²) in [6.07, 6.45) is 0. The second-order valence-electron chi connectivity index (χ2n) is 5.14. The van der Waals surface area contributed by atoms with Gasteiger partial charge in [0.2, 0.25) is 10.0 Å². The molecule has 0 aromatic heterocycles.